The first-order valence-electron chi connectivity index (χ1n) is 5.66. The van der Waals surface area contributed by atoms with E-state index in [0.29, 0.717) is 17.1 Å². The Kier molecular flexibility index (Phi) is 3.55. The minimum Gasteiger partial charge on any atom is -0.454 e. The Labute approximate surface area is 107 Å². The smallest absolute Gasteiger partial charge is 0.454 e. The molecule has 2 rings (SSSR count). The van der Waals surface area contributed by atoms with Crippen LogP contribution >= 0.6 is 0 Å². The highest BCUT2D eigenvalue weighted by atomic mass is 19.4. The van der Waals surface area contributed by atoms with Gasteiger partial charge in [0, 0.05) is 13.1 Å². The highest BCUT2D eigenvalue weighted by Crippen LogP contribution is 2.33. The lowest BCUT2D eigenvalue weighted by Crippen LogP contribution is -2.40. The van der Waals surface area contributed by atoms with Gasteiger partial charge in [-0.1, -0.05) is 6.07 Å². The van der Waals surface area contributed by atoms with Gasteiger partial charge in [0.15, 0.2) is 11.5 Å². The number of carbonyl (C=O) groups excluding carboxylic acids is 1. The van der Waals surface area contributed by atoms with Crippen LogP contribution in [0.5, 0.6) is 11.5 Å². The van der Waals surface area contributed by atoms with Crippen LogP contribution in [0.15, 0.2) is 18.2 Å². The Morgan fingerprint density at radius 3 is 2.63 bits per heavy atom. The number of benzene rings is 1. The first-order valence-corrected chi connectivity index (χ1v) is 5.66. The number of hydrogen-bond acceptors (Lipinski definition) is 3. The maximum atomic E-state index is 12.4. The van der Waals surface area contributed by atoms with Gasteiger partial charge >= 0.3 is 12.1 Å². The summed E-state index contributed by atoms with van der Waals surface area (Å²) in [7, 11) is 0. The summed E-state index contributed by atoms with van der Waals surface area (Å²) >= 11 is 0. The minimum absolute atomic E-state index is 0.0210. The van der Waals surface area contributed by atoms with E-state index in [-0.39, 0.29) is 19.9 Å². The summed E-state index contributed by atoms with van der Waals surface area (Å²) in [5.41, 5.74) is 0.559. The second-order valence-corrected chi connectivity index (χ2v) is 4.00. The molecule has 1 amide bonds. The molecule has 1 aliphatic rings. The largest absolute Gasteiger partial charge is 0.471 e. The number of ether oxygens (including phenoxy) is 2. The highest BCUT2D eigenvalue weighted by molar-refractivity contribution is 5.81. The number of halogens is 3. The van der Waals surface area contributed by atoms with Gasteiger partial charge in [0.25, 0.3) is 0 Å². The monoisotopic (exact) mass is 275 g/mol. The van der Waals surface area contributed by atoms with Gasteiger partial charge in [-0.15, -0.1) is 0 Å². The minimum atomic E-state index is -4.85. The van der Waals surface area contributed by atoms with Crippen LogP contribution in [0.25, 0.3) is 0 Å². The number of fused-ring (bicyclic) bond motifs is 1. The first-order chi connectivity index (χ1) is 8.91. The molecule has 0 radical (unpaired) electrons. The van der Waals surface area contributed by atoms with Crippen molar-refractivity contribution in [1.29, 1.82) is 0 Å². The average Bonchev–Trinajstić information content (AvgIpc) is 2.81. The fourth-order valence-electron chi connectivity index (χ4n) is 1.77. The second kappa shape index (κ2) is 4.99. The number of rotatable bonds is 3. The molecular weight excluding hydrogens is 263 g/mol. The van der Waals surface area contributed by atoms with Gasteiger partial charge in [-0.3, -0.25) is 4.79 Å². The van der Waals surface area contributed by atoms with Gasteiger partial charge in [-0.05, 0) is 24.6 Å². The van der Waals surface area contributed by atoms with Gasteiger partial charge in [0.2, 0.25) is 6.79 Å². The molecule has 1 aliphatic heterocycles. The highest BCUT2D eigenvalue weighted by Gasteiger charge is 2.41. The second-order valence-electron chi connectivity index (χ2n) is 4.00. The molecule has 0 fully saturated rings. The van der Waals surface area contributed by atoms with Crippen molar-refractivity contribution in [3.63, 3.8) is 0 Å². The van der Waals surface area contributed by atoms with Crippen molar-refractivity contribution >= 4 is 5.91 Å². The number of amides is 1. The maximum absolute atomic E-state index is 12.4. The number of hydrogen-bond donors (Lipinski definition) is 0. The summed E-state index contributed by atoms with van der Waals surface area (Å²) < 4.78 is 47.4. The summed E-state index contributed by atoms with van der Waals surface area (Å²) in [6, 6.07) is 4.80. The van der Waals surface area contributed by atoms with Crippen LogP contribution in [-0.4, -0.2) is 30.3 Å². The molecule has 1 aromatic rings. The lowest BCUT2D eigenvalue weighted by atomic mass is 10.2. The van der Waals surface area contributed by atoms with Crippen molar-refractivity contribution < 1.29 is 27.4 Å². The van der Waals surface area contributed by atoms with Crippen molar-refractivity contribution in [3.05, 3.63) is 23.8 Å². The van der Waals surface area contributed by atoms with Crippen LogP contribution in [0, 0.1) is 0 Å². The Morgan fingerprint density at radius 2 is 2.00 bits per heavy atom. The summed E-state index contributed by atoms with van der Waals surface area (Å²) in [5, 5.41) is 0. The van der Waals surface area contributed by atoms with E-state index in [2.05, 4.69) is 0 Å². The predicted octanol–water partition coefficient (Wildman–Crippen LogP) is 2.33. The molecule has 0 atom stereocenters. The van der Waals surface area contributed by atoms with E-state index in [4.69, 9.17) is 9.47 Å². The van der Waals surface area contributed by atoms with E-state index >= 15 is 0 Å². The fourth-order valence-corrected chi connectivity index (χ4v) is 1.77. The van der Waals surface area contributed by atoms with E-state index in [0.717, 1.165) is 4.90 Å². The van der Waals surface area contributed by atoms with Crippen LogP contribution in [0.2, 0.25) is 0 Å². The van der Waals surface area contributed by atoms with Crippen LogP contribution in [0.4, 0.5) is 13.2 Å². The molecule has 7 heteroatoms. The zero-order valence-corrected chi connectivity index (χ0v) is 10.2. The van der Waals surface area contributed by atoms with Crippen molar-refractivity contribution in [1.82, 2.24) is 4.90 Å². The Balaban J connectivity index is 2.13. The molecule has 0 aromatic heterocycles. The fraction of sp³-hybridized carbons (Fsp3) is 0.417. The molecule has 0 bridgehead atoms. The van der Waals surface area contributed by atoms with Gasteiger partial charge in [0.05, 0.1) is 0 Å². The van der Waals surface area contributed by atoms with Crippen molar-refractivity contribution in [2.45, 2.75) is 19.6 Å². The van der Waals surface area contributed by atoms with Gasteiger partial charge in [-0.25, -0.2) is 0 Å². The summed E-state index contributed by atoms with van der Waals surface area (Å²) in [6.45, 7) is 1.45. The number of nitrogens with zero attached hydrogens (tertiary/aromatic N) is 1. The van der Waals surface area contributed by atoms with E-state index in [1.807, 2.05) is 0 Å². The molecule has 0 aliphatic carbocycles. The number of alkyl halides is 3. The summed E-state index contributed by atoms with van der Waals surface area (Å²) in [4.78, 5) is 11.9. The third kappa shape index (κ3) is 2.91. The van der Waals surface area contributed by atoms with Gasteiger partial charge in [0.1, 0.15) is 0 Å². The van der Waals surface area contributed by atoms with Crippen molar-refractivity contribution in [3.8, 4) is 11.5 Å². The van der Waals surface area contributed by atoms with Crippen LogP contribution < -0.4 is 9.47 Å². The first kappa shape index (κ1) is 13.5. The molecule has 0 spiro atoms. The Morgan fingerprint density at radius 1 is 1.32 bits per heavy atom. The molecule has 0 unspecified atom stereocenters. The average molecular weight is 275 g/mol. The molecule has 1 heterocycles. The van der Waals surface area contributed by atoms with E-state index in [1.54, 1.807) is 18.2 Å². The lowest BCUT2D eigenvalue weighted by Gasteiger charge is -2.22. The molecule has 0 N–H and O–H groups in total. The normalized spacial score (nSPS) is 13.5. The third-order valence-corrected chi connectivity index (χ3v) is 2.72. The van der Waals surface area contributed by atoms with E-state index in [9.17, 15) is 18.0 Å². The summed E-state index contributed by atoms with van der Waals surface area (Å²) in [6.07, 6.45) is -4.85. The van der Waals surface area contributed by atoms with Crippen molar-refractivity contribution in [2.24, 2.45) is 0 Å². The van der Waals surface area contributed by atoms with Gasteiger partial charge in [-0.2, -0.15) is 13.2 Å². The molecule has 1 aromatic carbocycles. The lowest BCUT2D eigenvalue weighted by molar-refractivity contribution is -0.185. The van der Waals surface area contributed by atoms with E-state index < -0.39 is 12.1 Å². The zero-order valence-electron chi connectivity index (χ0n) is 10.2. The SMILES string of the molecule is CCN(Cc1ccc2c(c1)OCO2)C(=O)C(F)(F)F. The van der Waals surface area contributed by atoms with Crippen LogP contribution in [0.1, 0.15) is 12.5 Å². The number of carbonyl (C=O) groups is 1. The van der Waals surface area contributed by atoms with Gasteiger partial charge < -0.3 is 14.4 Å². The molecule has 4 nitrogen and oxygen atoms in total. The maximum Gasteiger partial charge on any atom is 0.471 e. The zero-order chi connectivity index (χ0) is 14.0. The molecule has 104 valence electrons. The third-order valence-electron chi connectivity index (χ3n) is 2.72. The quantitative estimate of drug-likeness (QED) is 0.849. The van der Waals surface area contributed by atoms with E-state index in [1.165, 1.54) is 6.92 Å². The predicted molar refractivity (Wildman–Crippen MR) is 59.7 cm³/mol. The standard InChI is InChI=1S/C12H12F3NO3/c1-2-16(11(17)12(13,14)15)6-8-3-4-9-10(5-8)19-7-18-9/h3-5H,2,6-7H2,1H3. The van der Waals surface area contributed by atoms with Crippen molar-refractivity contribution in [2.75, 3.05) is 13.3 Å². The van der Waals surface area contributed by atoms with Crippen LogP contribution in [0.3, 0.4) is 0 Å². The topological polar surface area (TPSA) is 38.8 Å². The molecule has 19 heavy (non-hydrogen) atoms. The molecule has 0 saturated heterocycles. The molecular formula is C12H12F3NO3. The molecule has 0 saturated carbocycles. The Bertz CT molecular complexity index is 488. The summed E-state index contributed by atoms with van der Waals surface area (Å²) in [5.74, 6) is -0.811. The Hall–Kier alpha value is -1.92. The van der Waals surface area contributed by atoms with Crippen LogP contribution in [-0.2, 0) is 11.3 Å².